The van der Waals surface area contributed by atoms with Gasteiger partial charge in [-0.1, -0.05) is 31.9 Å². The minimum atomic E-state index is -0.389. The average molecular weight is 384 g/mol. The fraction of sp³-hybridized carbons (Fsp3) is 0.833. The first-order valence-corrected chi connectivity index (χ1v) is 7.79. The van der Waals surface area contributed by atoms with Crippen LogP contribution in [0.5, 0.6) is 0 Å². The highest BCUT2D eigenvalue weighted by molar-refractivity contribution is 9.12. The van der Waals surface area contributed by atoms with Gasteiger partial charge in [-0.05, 0) is 24.7 Å². The SMILES string of the molecule is COC(=O)[C@@H]1[C@H]2CC[C@H]([C@H](Br)[C@H]2Br)[C@@H]1C(=O)OC. The van der Waals surface area contributed by atoms with Crippen LogP contribution in [0.15, 0.2) is 0 Å². The fourth-order valence-electron chi connectivity index (χ4n) is 3.38. The lowest BCUT2D eigenvalue weighted by molar-refractivity contribution is -0.168. The second kappa shape index (κ2) is 5.49. The van der Waals surface area contributed by atoms with E-state index < -0.39 is 0 Å². The Hall–Kier alpha value is -0.100. The van der Waals surface area contributed by atoms with Crippen molar-refractivity contribution in [2.75, 3.05) is 14.2 Å². The number of esters is 2. The van der Waals surface area contributed by atoms with Crippen molar-refractivity contribution < 1.29 is 19.1 Å². The number of carbonyl (C=O) groups is 2. The number of halogens is 2. The van der Waals surface area contributed by atoms with Gasteiger partial charge in [0.25, 0.3) is 0 Å². The third kappa shape index (κ3) is 2.11. The summed E-state index contributed by atoms with van der Waals surface area (Å²) in [4.78, 5) is 24.3. The van der Waals surface area contributed by atoms with Gasteiger partial charge in [-0.2, -0.15) is 0 Å². The number of rotatable bonds is 2. The third-order valence-electron chi connectivity index (χ3n) is 4.21. The number of hydrogen-bond donors (Lipinski definition) is 0. The zero-order valence-electron chi connectivity index (χ0n) is 10.3. The third-order valence-corrected chi connectivity index (χ3v) is 7.42. The average Bonchev–Trinajstić information content (AvgIpc) is 2.41. The normalized spacial score (nSPS) is 42.4. The van der Waals surface area contributed by atoms with E-state index in [1.54, 1.807) is 0 Å². The summed E-state index contributed by atoms with van der Waals surface area (Å²) in [5.41, 5.74) is 0. The van der Waals surface area contributed by atoms with Gasteiger partial charge in [-0.15, -0.1) is 0 Å². The number of fused-ring (bicyclic) bond motifs is 3. The predicted octanol–water partition coefficient (Wildman–Crippen LogP) is 2.13. The van der Waals surface area contributed by atoms with Crippen LogP contribution in [0.3, 0.4) is 0 Å². The number of methoxy groups -OCH3 is 2. The predicted molar refractivity (Wildman–Crippen MR) is 72.7 cm³/mol. The lowest BCUT2D eigenvalue weighted by Crippen LogP contribution is -2.57. The monoisotopic (exact) mass is 382 g/mol. The highest BCUT2D eigenvalue weighted by Gasteiger charge is 2.58. The van der Waals surface area contributed by atoms with E-state index in [0.29, 0.717) is 0 Å². The lowest BCUT2D eigenvalue weighted by Gasteiger charge is -2.51. The van der Waals surface area contributed by atoms with E-state index in [9.17, 15) is 9.59 Å². The van der Waals surface area contributed by atoms with Crippen LogP contribution in [0.4, 0.5) is 0 Å². The molecule has 0 unspecified atom stereocenters. The van der Waals surface area contributed by atoms with Crippen molar-refractivity contribution in [3.8, 4) is 0 Å². The van der Waals surface area contributed by atoms with Crippen LogP contribution in [0, 0.1) is 23.7 Å². The zero-order valence-corrected chi connectivity index (χ0v) is 13.4. The van der Waals surface area contributed by atoms with Crippen molar-refractivity contribution in [2.45, 2.75) is 22.5 Å². The second-order valence-electron chi connectivity index (χ2n) is 4.89. The van der Waals surface area contributed by atoms with Crippen LogP contribution in [0.1, 0.15) is 12.8 Å². The van der Waals surface area contributed by atoms with E-state index in [1.165, 1.54) is 14.2 Å². The maximum atomic E-state index is 12.0. The molecule has 0 spiro atoms. The summed E-state index contributed by atoms with van der Waals surface area (Å²) in [5.74, 6) is -1.14. The summed E-state index contributed by atoms with van der Waals surface area (Å²) < 4.78 is 9.74. The zero-order chi connectivity index (χ0) is 13.4. The molecule has 0 heterocycles. The van der Waals surface area contributed by atoms with Gasteiger partial charge in [-0.3, -0.25) is 9.59 Å². The molecule has 0 aromatic heterocycles. The molecule has 0 radical (unpaired) electrons. The molecule has 3 rings (SSSR count). The highest BCUT2D eigenvalue weighted by Crippen LogP contribution is 2.54. The molecule has 0 aromatic rings. The van der Waals surface area contributed by atoms with E-state index in [0.717, 1.165) is 12.8 Å². The Bertz CT molecular complexity index is 326. The Morgan fingerprint density at radius 2 is 1.22 bits per heavy atom. The molecule has 18 heavy (non-hydrogen) atoms. The van der Waals surface area contributed by atoms with E-state index >= 15 is 0 Å². The Morgan fingerprint density at radius 1 is 0.889 bits per heavy atom. The molecule has 3 aliphatic rings. The van der Waals surface area contributed by atoms with E-state index in [4.69, 9.17) is 9.47 Å². The maximum absolute atomic E-state index is 12.0. The molecule has 3 aliphatic carbocycles. The van der Waals surface area contributed by atoms with Gasteiger partial charge < -0.3 is 9.47 Å². The molecular formula is C12H16Br2O4. The number of hydrogen-bond acceptors (Lipinski definition) is 4. The van der Waals surface area contributed by atoms with Gasteiger partial charge in [0.1, 0.15) is 0 Å². The Morgan fingerprint density at radius 3 is 1.50 bits per heavy atom. The minimum Gasteiger partial charge on any atom is -0.469 e. The number of alkyl halides is 2. The van der Waals surface area contributed by atoms with Crippen LogP contribution in [0.25, 0.3) is 0 Å². The van der Waals surface area contributed by atoms with E-state index in [1.807, 2.05) is 0 Å². The second-order valence-corrected chi connectivity index (χ2v) is 7.01. The van der Waals surface area contributed by atoms with Crippen molar-refractivity contribution >= 4 is 43.8 Å². The summed E-state index contributed by atoms with van der Waals surface area (Å²) in [7, 11) is 2.74. The lowest BCUT2D eigenvalue weighted by atomic mass is 9.58. The fourth-order valence-corrected chi connectivity index (χ4v) is 5.35. The smallest absolute Gasteiger partial charge is 0.309 e. The van der Waals surface area contributed by atoms with Gasteiger partial charge in [-0.25, -0.2) is 0 Å². The molecule has 0 aliphatic heterocycles. The summed E-state index contributed by atoms with van der Waals surface area (Å²) >= 11 is 7.28. The quantitative estimate of drug-likeness (QED) is 0.541. The molecule has 0 N–H and O–H groups in total. The van der Waals surface area contributed by atoms with Gasteiger partial charge in [0.15, 0.2) is 0 Å². The van der Waals surface area contributed by atoms with Crippen LogP contribution in [-0.2, 0) is 19.1 Å². The van der Waals surface area contributed by atoms with Crippen molar-refractivity contribution in [3.63, 3.8) is 0 Å². The number of ether oxygens (including phenoxy) is 2. The largest absolute Gasteiger partial charge is 0.469 e. The molecule has 0 aromatic carbocycles. The summed E-state index contributed by atoms with van der Waals surface area (Å²) in [6.45, 7) is 0. The molecule has 2 bridgehead atoms. The van der Waals surface area contributed by atoms with Crippen molar-refractivity contribution in [2.24, 2.45) is 23.7 Å². The summed E-state index contributed by atoms with van der Waals surface area (Å²) in [5, 5.41) is 0. The van der Waals surface area contributed by atoms with Gasteiger partial charge >= 0.3 is 11.9 Å². The molecule has 0 amide bonds. The van der Waals surface area contributed by atoms with Crippen LogP contribution in [0.2, 0.25) is 0 Å². The Labute approximate surface area is 123 Å². The van der Waals surface area contributed by atoms with Crippen LogP contribution in [-0.4, -0.2) is 35.8 Å². The minimum absolute atomic E-state index is 0.121. The Kier molecular flexibility index (Phi) is 4.36. The molecule has 0 saturated heterocycles. The standard InChI is InChI=1S/C12H16Br2O4/c1-17-11(15)7-5-3-4-6(10(14)9(5)13)8(7)12(16)18-2/h5-10H,3-4H2,1-2H3/t5-,6+,7-,8+,9-,10-/m0/s1. The molecule has 6 atom stereocenters. The highest BCUT2D eigenvalue weighted by atomic mass is 79.9. The molecule has 6 heteroatoms. The summed E-state index contributed by atoms with van der Waals surface area (Å²) in [6, 6.07) is 0. The summed E-state index contributed by atoms with van der Waals surface area (Å²) in [6.07, 6.45) is 1.88. The van der Waals surface area contributed by atoms with E-state index in [2.05, 4.69) is 31.9 Å². The van der Waals surface area contributed by atoms with Gasteiger partial charge in [0, 0.05) is 9.65 Å². The molecular weight excluding hydrogens is 368 g/mol. The van der Waals surface area contributed by atoms with Crippen molar-refractivity contribution in [3.05, 3.63) is 0 Å². The van der Waals surface area contributed by atoms with E-state index in [-0.39, 0.29) is 45.3 Å². The maximum Gasteiger partial charge on any atom is 0.309 e. The topological polar surface area (TPSA) is 52.6 Å². The van der Waals surface area contributed by atoms with Gasteiger partial charge in [0.2, 0.25) is 0 Å². The molecule has 4 nitrogen and oxygen atoms in total. The van der Waals surface area contributed by atoms with Gasteiger partial charge in [0.05, 0.1) is 26.1 Å². The van der Waals surface area contributed by atoms with Crippen LogP contribution >= 0.6 is 31.9 Å². The molecule has 102 valence electrons. The Balaban J connectivity index is 2.35. The van der Waals surface area contributed by atoms with Crippen molar-refractivity contribution in [1.29, 1.82) is 0 Å². The first-order chi connectivity index (χ1) is 8.52. The van der Waals surface area contributed by atoms with Crippen LogP contribution < -0.4 is 0 Å². The molecule has 3 saturated carbocycles. The molecule has 3 fully saturated rings. The first-order valence-electron chi connectivity index (χ1n) is 5.96. The number of carbonyl (C=O) groups excluding carboxylic acids is 2. The first kappa shape index (κ1) is 14.3. The van der Waals surface area contributed by atoms with Crippen molar-refractivity contribution in [1.82, 2.24) is 0 Å².